The second-order valence-corrected chi connectivity index (χ2v) is 5.79. The molecule has 0 nitrogen and oxygen atoms in total. The fourth-order valence-corrected chi connectivity index (χ4v) is 4.19. The molecule has 1 aromatic heterocycles. The van der Waals surface area contributed by atoms with Crippen molar-refractivity contribution < 1.29 is 0 Å². The normalized spacial score (nSPS) is 30.6. The standard InChI is InChI=1S/C15H14S/c1-2-4-12-10(3-1)5-6-13-14(15(12)13)11-7-8-16-9-11/h1-4,7-9,13-15H,5-6H2. The van der Waals surface area contributed by atoms with Gasteiger partial charge in [0.2, 0.25) is 0 Å². The topological polar surface area (TPSA) is 0 Å². The summed E-state index contributed by atoms with van der Waals surface area (Å²) < 4.78 is 0. The van der Waals surface area contributed by atoms with Crippen LogP contribution in [0.5, 0.6) is 0 Å². The van der Waals surface area contributed by atoms with Gasteiger partial charge in [-0.15, -0.1) is 0 Å². The molecule has 4 rings (SSSR count). The summed E-state index contributed by atoms with van der Waals surface area (Å²) in [7, 11) is 0. The Hall–Kier alpha value is -1.08. The van der Waals surface area contributed by atoms with E-state index < -0.39 is 0 Å². The summed E-state index contributed by atoms with van der Waals surface area (Å²) in [5, 5.41) is 4.55. The van der Waals surface area contributed by atoms with Gasteiger partial charge in [-0.05, 0) is 64.1 Å². The molecule has 0 aliphatic heterocycles. The van der Waals surface area contributed by atoms with Gasteiger partial charge in [0.1, 0.15) is 0 Å². The van der Waals surface area contributed by atoms with Crippen LogP contribution in [0.4, 0.5) is 0 Å². The summed E-state index contributed by atoms with van der Waals surface area (Å²) in [5.74, 6) is 2.60. The molecule has 0 N–H and O–H groups in total. The number of rotatable bonds is 1. The van der Waals surface area contributed by atoms with Crippen LogP contribution in [0, 0.1) is 5.92 Å². The van der Waals surface area contributed by atoms with E-state index in [-0.39, 0.29) is 0 Å². The van der Waals surface area contributed by atoms with E-state index in [2.05, 4.69) is 41.1 Å². The molecule has 1 saturated carbocycles. The minimum atomic E-state index is 0.829. The molecule has 16 heavy (non-hydrogen) atoms. The highest BCUT2D eigenvalue weighted by atomic mass is 32.1. The lowest BCUT2D eigenvalue weighted by Crippen LogP contribution is -2.00. The van der Waals surface area contributed by atoms with Gasteiger partial charge < -0.3 is 0 Å². The van der Waals surface area contributed by atoms with Crippen molar-refractivity contribution in [1.29, 1.82) is 0 Å². The summed E-state index contributed by atoms with van der Waals surface area (Å²) in [4.78, 5) is 0. The first-order valence-corrected chi connectivity index (χ1v) is 6.99. The lowest BCUT2D eigenvalue weighted by molar-refractivity contribution is 0.659. The van der Waals surface area contributed by atoms with Crippen LogP contribution >= 0.6 is 11.3 Å². The Morgan fingerprint density at radius 1 is 1.06 bits per heavy atom. The molecule has 2 aliphatic carbocycles. The molecule has 1 fully saturated rings. The van der Waals surface area contributed by atoms with Crippen LogP contribution in [-0.4, -0.2) is 0 Å². The molecule has 3 atom stereocenters. The van der Waals surface area contributed by atoms with E-state index in [1.165, 1.54) is 12.8 Å². The van der Waals surface area contributed by atoms with Crippen molar-refractivity contribution in [2.24, 2.45) is 5.92 Å². The van der Waals surface area contributed by atoms with Gasteiger partial charge in [0.15, 0.2) is 0 Å². The predicted molar refractivity (Wildman–Crippen MR) is 68.1 cm³/mol. The van der Waals surface area contributed by atoms with E-state index in [0.717, 1.165) is 17.8 Å². The number of thiophene rings is 1. The van der Waals surface area contributed by atoms with Crippen LogP contribution in [0.25, 0.3) is 0 Å². The largest absolute Gasteiger partial charge is 0.152 e. The van der Waals surface area contributed by atoms with E-state index in [4.69, 9.17) is 0 Å². The van der Waals surface area contributed by atoms with Gasteiger partial charge in [0.25, 0.3) is 0 Å². The number of aryl methyl sites for hydroxylation is 1. The fraction of sp³-hybridized carbons (Fsp3) is 0.333. The minimum Gasteiger partial charge on any atom is -0.152 e. The smallest absolute Gasteiger partial charge is 0.00474 e. The van der Waals surface area contributed by atoms with E-state index in [0.29, 0.717) is 0 Å². The van der Waals surface area contributed by atoms with Gasteiger partial charge in [-0.1, -0.05) is 24.3 Å². The van der Waals surface area contributed by atoms with Gasteiger partial charge in [0, 0.05) is 0 Å². The molecule has 3 unspecified atom stereocenters. The lowest BCUT2D eigenvalue weighted by atomic mass is 9.92. The Bertz CT molecular complexity index is 512. The molecule has 1 aromatic carbocycles. The predicted octanol–water partition coefficient (Wildman–Crippen LogP) is 4.19. The molecule has 0 bridgehead atoms. The average Bonchev–Trinajstić information content (AvgIpc) is 2.83. The third-order valence-electron chi connectivity index (χ3n) is 4.26. The molecule has 0 radical (unpaired) electrons. The zero-order valence-corrected chi connectivity index (χ0v) is 9.91. The summed E-state index contributed by atoms with van der Waals surface area (Å²) >= 11 is 1.83. The highest BCUT2D eigenvalue weighted by Gasteiger charge is 2.53. The van der Waals surface area contributed by atoms with Gasteiger partial charge >= 0.3 is 0 Å². The Balaban J connectivity index is 1.75. The molecular weight excluding hydrogens is 212 g/mol. The molecule has 80 valence electrons. The molecule has 1 heterocycles. The summed E-state index contributed by atoms with van der Waals surface area (Å²) in [5.41, 5.74) is 4.81. The van der Waals surface area contributed by atoms with Gasteiger partial charge in [-0.25, -0.2) is 0 Å². The first-order chi connectivity index (χ1) is 7.95. The SMILES string of the molecule is c1ccc2c(c1)CCC1C(c3ccsc3)C21. The van der Waals surface area contributed by atoms with Crippen molar-refractivity contribution in [2.75, 3.05) is 0 Å². The molecule has 0 spiro atoms. The molecule has 0 saturated heterocycles. The highest BCUT2D eigenvalue weighted by Crippen LogP contribution is 2.65. The van der Waals surface area contributed by atoms with Crippen LogP contribution in [-0.2, 0) is 6.42 Å². The van der Waals surface area contributed by atoms with E-state index in [1.54, 1.807) is 16.7 Å². The summed E-state index contributed by atoms with van der Waals surface area (Å²) in [6.45, 7) is 0. The first kappa shape index (κ1) is 9.00. The van der Waals surface area contributed by atoms with Gasteiger partial charge in [-0.3, -0.25) is 0 Å². The average molecular weight is 226 g/mol. The van der Waals surface area contributed by atoms with Crippen molar-refractivity contribution in [2.45, 2.75) is 24.7 Å². The molecule has 1 heteroatoms. The molecular formula is C15H14S. The van der Waals surface area contributed by atoms with Crippen LogP contribution in [0.1, 0.15) is 34.9 Å². The highest BCUT2D eigenvalue weighted by molar-refractivity contribution is 7.08. The maximum Gasteiger partial charge on any atom is -0.00474 e. The minimum absolute atomic E-state index is 0.829. The number of fused-ring (bicyclic) bond motifs is 3. The molecule has 2 aliphatic rings. The quantitative estimate of drug-likeness (QED) is 0.684. The zero-order chi connectivity index (χ0) is 10.5. The van der Waals surface area contributed by atoms with E-state index in [9.17, 15) is 0 Å². The second-order valence-electron chi connectivity index (χ2n) is 5.01. The molecule has 0 amide bonds. The second kappa shape index (κ2) is 3.21. The van der Waals surface area contributed by atoms with E-state index in [1.807, 2.05) is 11.3 Å². The Morgan fingerprint density at radius 2 is 2.00 bits per heavy atom. The van der Waals surface area contributed by atoms with Crippen molar-refractivity contribution in [3.8, 4) is 0 Å². The van der Waals surface area contributed by atoms with Crippen molar-refractivity contribution in [3.63, 3.8) is 0 Å². The zero-order valence-electron chi connectivity index (χ0n) is 9.10. The van der Waals surface area contributed by atoms with Gasteiger partial charge in [-0.2, -0.15) is 11.3 Å². The summed E-state index contributed by atoms with van der Waals surface area (Å²) in [6, 6.07) is 11.4. The van der Waals surface area contributed by atoms with Crippen molar-refractivity contribution in [1.82, 2.24) is 0 Å². The first-order valence-electron chi connectivity index (χ1n) is 6.05. The Morgan fingerprint density at radius 3 is 2.88 bits per heavy atom. The number of benzene rings is 1. The number of hydrogen-bond acceptors (Lipinski definition) is 1. The van der Waals surface area contributed by atoms with Crippen LogP contribution in [0.2, 0.25) is 0 Å². The third-order valence-corrected chi connectivity index (χ3v) is 4.96. The summed E-state index contributed by atoms with van der Waals surface area (Å²) in [6.07, 6.45) is 2.68. The monoisotopic (exact) mass is 226 g/mol. The lowest BCUT2D eigenvalue weighted by Gasteiger charge is -2.13. The molecule has 2 aromatic rings. The maximum atomic E-state index is 2.35. The third kappa shape index (κ3) is 1.15. The van der Waals surface area contributed by atoms with Crippen LogP contribution < -0.4 is 0 Å². The number of hydrogen-bond donors (Lipinski definition) is 0. The Labute approximate surface area is 99.9 Å². The van der Waals surface area contributed by atoms with E-state index >= 15 is 0 Å². The van der Waals surface area contributed by atoms with Crippen LogP contribution in [0.15, 0.2) is 41.1 Å². The Kier molecular flexibility index (Phi) is 1.80. The van der Waals surface area contributed by atoms with Crippen molar-refractivity contribution in [3.05, 3.63) is 57.8 Å². The van der Waals surface area contributed by atoms with Crippen molar-refractivity contribution >= 4 is 11.3 Å². The fourth-order valence-electron chi connectivity index (χ4n) is 3.49. The maximum absolute atomic E-state index is 2.35. The van der Waals surface area contributed by atoms with Gasteiger partial charge in [0.05, 0.1) is 0 Å². The van der Waals surface area contributed by atoms with Crippen LogP contribution in [0.3, 0.4) is 0 Å².